The minimum atomic E-state index is -0.282. The molecular weight excluding hydrogens is 276 g/mol. The van der Waals surface area contributed by atoms with Crippen LogP contribution in [0.1, 0.15) is 22.8 Å². The number of aromatic nitrogens is 1. The lowest BCUT2D eigenvalue weighted by Crippen LogP contribution is -2.13. The first-order chi connectivity index (χ1) is 9.63. The second-order valence-corrected chi connectivity index (χ2v) is 4.58. The van der Waals surface area contributed by atoms with Crippen LogP contribution in [0.4, 0.5) is 5.69 Å². The van der Waals surface area contributed by atoms with Crippen molar-refractivity contribution in [2.75, 3.05) is 12.4 Å². The summed E-state index contributed by atoms with van der Waals surface area (Å²) in [5, 5.41) is 3.08. The molecule has 0 aliphatic heterocycles. The maximum absolute atomic E-state index is 12.2. The Kier molecular flexibility index (Phi) is 4.58. The van der Waals surface area contributed by atoms with Crippen LogP contribution in [0.25, 0.3) is 0 Å². The van der Waals surface area contributed by atoms with Gasteiger partial charge in [-0.05, 0) is 36.2 Å². The molecule has 0 saturated carbocycles. The van der Waals surface area contributed by atoms with Crippen molar-refractivity contribution in [2.24, 2.45) is 0 Å². The number of carbonyl (C=O) groups excluding carboxylic acids is 1. The fourth-order valence-corrected chi connectivity index (χ4v) is 1.91. The van der Waals surface area contributed by atoms with E-state index in [0.717, 1.165) is 12.1 Å². The Labute approximate surface area is 122 Å². The van der Waals surface area contributed by atoms with E-state index >= 15 is 0 Å². The summed E-state index contributed by atoms with van der Waals surface area (Å²) in [4.78, 5) is 16.1. The van der Waals surface area contributed by atoms with Crippen molar-refractivity contribution in [1.82, 2.24) is 4.98 Å². The number of aryl methyl sites for hydroxylation is 1. The van der Waals surface area contributed by atoms with E-state index in [2.05, 4.69) is 17.2 Å². The van der Waals surface area contributed by atoms with E-state index in [0.29, 0.717) is 5.56 Å². The molecule has 2 rings (SSSR count). The Hall–Kier alpha value is -2.07. The number of halogens is 1. The predicted molar refractivity (Wildman–Crippen MR) is 79.6 cm³/mol. The normalized spacial score (nSPS) is 10.2. The number of nitrogens with one attached hydrogen (secondary N) is 1. The molecule has 1 aromatic carbocycles. The van der Waals surface area contributed by atoms with Gasteiger partial charge in [0.15, 0.2) is 0 Å². The Morgan fingerprint density at radius 2 is 1.95 bits per heavy atom. The van der Waals surface area contributed by atoms with Gasteiger partial charge in [0.25, 0.3) is 5.91 Å². The van der Waals surface area contributed by atoms with Gasteiger partial charge in [0.05, 0.1) is 7.11 Å². The van der Waals surface area contributed by atoms with E-state index in [4.69, 9.17) is 16.3 Å². The van der Waals surface area contributed by atoms with Gasteiger partial charge in [-0.1, -0.05) is 30.7 Å². The molecular formula is C15H15ClN2O2. The molecule has 104 valence electrons. The molecule has 0 unspecified atom stereocenters. The first kappa shape index (κ1) is 14.3. The number of rotatable bonds is 4. The predicted octanol–water partition coefficient (Wildman–Crippen LogP) is 3.56. The lowest BCUT2D eigenvalue weighted by Gasteiger charge is -2.09. The maximum atomic E-state index is 12.2. The molecule has 0 bridgehead atoms. The molecule has 20 heavy (non-hydrogen) atoms. The number of anilines is 1. The molecule has 1 aromatic heterocycles. The number of hydrogen-bond donors (Lipinski definition) is 1. The fourth-order valence-electron chi connectivity index (χ4n) is 1.77. The van der Waals surface area contributed by atoms with Gasteiger partial charge in [0.1, 0.15) is 10.7 Å². The van der Waals surface area contributed by atoms with Gasteiger partial charge in [-0.3, -0.25) is 4.79 Å². The third-order valence-corrected chi connectivity index (χ3v) is 3.09. The van der Waals surface area contributed by atoms with Gasteiger partial charge in [-0.2, -0.15) is 0 Å². The molecule has 4 nitrogen and oxygen atoms in total. The average Bonchev–Trinajstić information content (AvgIpc) is 2.47. The zero-order chi connectivity index (χ0) is 14.5. The molecule has 0 saturated heterocycles. The second-order valence-electron chi connectivity index (χ2n) is 4.20. The van der Waals surface area contributed by atoms with Crippen LogP contribution in [0, 0.1) is 0 Å². The summed E-state index contributed by atoms with van der Waals surface area (Å²) in [6.45, 7) is 2.08. The quantitative estimate of drug-likeness (QED) is 0.876. The van der Waals surface area contributed by atoms with Crippen molar-refractivity contribution in [1.29, 1.82) is 0 Å². The number of pyridine rings is 1. The average molecular weight is 291 g/mol. The highest BCUT2D eigenvalue weighted by molar-refractivity contribution is 6.29. The summed E-state index contributed by atoms with van der Waals surface area (Å²) in [5.74, 6) is -0.0737. The second kappa shape index (κ2) is 6.39. The minimum Gasteiger partial charge on any atom is -0.480 e. The monoisotopic (exact) mass is 290 g/mol. The van der Waals surface area contributed by atoms with Crippen molar-refractivity contribution < 1.29 is 9.53 Å². The van der Waals surface area contributed by atoms with E-state index in [1.165, 1.54) is 12.7 Å². The van der Waals surface area contributed by atoms with Crippen molar-refractivity contribution >= 4 is 23.2 Å². The third kappa shape index (κ3) is 3.27. The van der Waals surface area contributed by atoms with Gasteiger partial charge < -0.3 is 10.1 Å². The number of amides is 1. The Bertz CT molecular complexity index is 612. The van der Waals surface area contributed by atoms with Crippen LogP contribution in [0.15, 0.2) is 36.4 Å². The molecule has 0 radical (unpaired) electrons. The van der Waals surface area contributed by atoms with Crippen molar-refractivity contribution in [3.05, 3.63) is 52.7 Å². The molecule has 0 fully saturated rings. The van der Waals surface area contributed by atoms with Gasteiger partial charge in [0.2, 0.25) is 5.88 Å². The molecule has 5 heteroatoms. The lowest BCUT2D eigenvalue weighted by molar-refractivity contribution is 0.102. The van der Waals surface area contributed by atoms with E-state index in [1.54, 1.807) is 12.1 Å². The van der Waals surface area contributed by atoms with Crippen molar-refractivity contribution in [2.45, 2.75) is 13.3 Å². The molecule has 0 aliphatic rings. The van der Waals surface area contributed by atoms with Crippen LogP contribution in [-0.2, 0) is 6.42 Å². The number of ether oxygens (including phenoxy) is 1. The summed E-state index contributed by atoms with van der Waals surface area (Å²) in [5.41, 5.74) is 2.29. The Morgan fingerprint density at radius 1 is 1.25 bits per heavy atom. The van der Waals surface area contributed by atoms with Crippen LogP contribution < -0.4 is 10.1 Å². The van der Waals surface area contributed by atoms with Crippen LogP contribution in [0.3, 0.4) is 0 Å². The van der Waals surface area contributed by atoms with E-state index in [1.807, 2.05) is 24.3 Å². The highest BCUT2D eigenvalue weighted by Gasteiger charge is 2.14. The summed E-state index contributed by atoms with van der Waals surface area (Å²) in [7, 11) is 1.45. The maximum Gasteiger partial charge on any atom is 0.261 e. The Morgan fingerprint density at radius 3 is 2.55 bits per heavy atom. The molecule has 0 aliphatic carbocycles. The van der Waals surface area contributed by atoms with Gasteiger partial charge in [0, 0.05) is 5.69 Å². The molecule has 2 aromatic rings. The molecule has 1 heterocycles. The smallest absolute Gasteiger partial charge is 0.261 e. The zero-order valence-electron chi connectivity index (χ0n) is 11.3. The number of nitrogens with zero attached hydrogens (tertiary/aromatic N) is 1. The topological polar surface area (TPSA) is 51.2 Å². The van der Waals surface area contributed by atoms with Crippen LogP contribution >= 0.6 is 11.6 Å². The fraction of sp³-hybridized carbons (Fsp3) is 0.200. The van der Waals surface area contributed by atoms with E-state index < -0.39 is 0 Å². The first-order valence-corrected chi connectivity index (χ1v) is 6.62. The molecule has 1 N–H and O–H groups in total. The summed E-state index contributed by atoms with van der Waals surface area (Å²) < 4.78 is 5.07. The Balaban J connectivity index is 2.19. The first-order valence-electron chi connectivity index (χ1n) is 6.25. The third-order valence-electron chi connectivity index (χ3n) is 2.88. The van der Waals surface area contributed by atoms with Crippen LogP contribution in [0.5, 0.6) is 5.88 Å². The highest BCUT2D eigenvalue weighted by atomic mass is 35.5. The summed E-state index contributed by atoms with van der Waals surface area (Å²) in [6, 6.07) is 10.8. The van der Waals surface area contributed by atoms with Crippen LogP contribution in [0.2, 0.25) is 5.15 Å². The van der Waals surface area contributed by atoms with E-state index in [-0.39, 0.29) is 16.9 Å². The molecule has 0 atom stereocenters. The van der Waals surface area contributed by atoms with Gasteiger partial charge in [-0.15, -0.1) is 0 Å². The largest absolute Gasteiger partial charge is 0.480 e. The molecule has 0 spiro atoms. The van der Waals surface area contributed by atoms with E-state index in [9.17, 15) is 4.79 Å². The van der Waals surface area contributed by atoms with Crippen molar-refractivity contribution in [3.63, 3.8) is 0 Å². The standard InChI is InChI=1S/C15H15ClN2O2/c1-3-10-4-6-11(7-5-10)17-14(19)12-8-9-13(16)18-15(12)20-2/h4-9H,3H2,1-2H3,(H,17,19). The number of carbonyl (C=O) groups is 1. The SMILES string of the molecule is CCc1ccc(NC(=O)c2ccc(Cl)nc2OC)cc1. The van der Waals surface area contributed by atoms with Crippen LogP contribution in [-0.4, -0.2) is 18.0 Å². The molecule has 1 amide bonds. The summed E-state index contributed by atoms with van der Waals surface area (Å²) >= 11 is 5.77. The number of hydrogen-bond acceptors (Lipinski definition) is 3. The highest BCUT2D eigenvalue weighted by Crippen LogP contribution is 2.20. The van der Waals surface area contributed by atoms with Gasteiger partial charge >= 0.3 is 0 Å². The zero-order valence-corrected chi connectivity index (χ0v) is 12.1. The number of methoxy groups -OCH3 is 1. The summed E-state index contributed by atoms with van der Waals surface area (Å²) in [6.07, 6.45) is 0.961. The lowest BCUT2D eigenvalue weighted by atomic mass is 10.1. The number of benzene rings is 1. The minimum absolute atomic E-state index is 0.208. The van der Waals surface area contributed by atoms with Gasteiger partial charge in [-0.25, -0.2) is 4.98 Å². The van der Waals surface area contributed by atoms with Crippen molar-refractivity contribution in [3.8, 4) is 5.88 Å².